The van der Waals surface area contributed by atoms with Crippen LogP contribution in [0.5, 0.6) is 0 Å². The highest BCUT2D eigenvalue weighted by molar-refractivity contribution is 6.29. The van der Waals surface area contributed by atoms with Gasteiger partial charge in [0.15, 0.2) is 0 Å². The largest absolute Gasteiger partial charge is 0.480 e. The van der Waals surface area contributed by atoms with Crippen LogP contribution in [0.25, 0.3) is 0 Å². The molecule has 0 aliphatic rings. The molecular weight excluding hydrogens is 318 g/mol. The first-order valence-electron chi connectivity index (χ1n) is 7.10. The maximum atomic E-state index is 11.0. The predicted molar refractivity (Wildman–Crippen MR) is 89.8 cm³/mol. The van der Waals surface area contributed by atoms with Crippen molar-refractivity contribution in [1.29, 1.82) is 0 Å². The molecule has 122 valence electrons. The van der Waals surface area contributed by atoms with Gasteiger partial charge in [0, 0.05) is 19.2 Å². The fourth-order valence-electron chi connectivity index (χ4n) is 1.93. The first-order chi connectivity index (χ1) is 11.1. The van der Waals surface area contributed by atoms with Gasteiger partial charge >= 0.3 is 5.97 Å². The van der Waals surface area contributed by atoms with Gasteiger partial charge in [0.05, 0.1) is 0 Å². The lowest BCUT2D eigenvalue weighted by atomic mass is 10.1. The van der Waals surface area contributed by atoms with Crippen LogP contribution < -0.4 is 16.4 Å². The van der Waals surface area contributed by atoms with E-state index in [-0.39, 0.29) is 11.7 Å². The molecule has 2 aromatic rings. The van der Waals surface area contributed by atoms with Gasteiger partial charge in [0.1, 0.15) is 17.0 Å². The first-order valence-corrected chi connectivity index (χ1v) is 7.48. The highest BCUT2D eigenvalue weighted by Gasteiger charge is 2.16. The van der Waals surface area contributed by atoms with E-state index in [2.05, 4.69) is 20.6 Å². The number of carboxylic acids is 1. The first kappa shape index (κ1) is 17.0. The Balaban J connectivity index is 1.98. The molecule has 7 nitrogen and oxygen atoms in total. The Morgan fingerprint density at radius 2 is 2.04 bits per heavy atom. The van der Waals surface area contributed by atoms with Crippen LogP contribution in [0.15, 0.2) is 36.4 Å². The lowest BCUT2D eigenvalue weighted by Gasteiger charge is -2.14. The van der Waals surface area contributed by atoms with Gasteiger partial charge in [0.25, 0.3) is 0 Å². The van der Waals surface area contributed by atoms with Crippen LogP contribution in [-0.4, -0.2) is 40.2 Å². The summed E-state index contributed by atoms with van der Waals surface area (Å²) in [5.41, 5.74) is 6.60. The molecule has 1 aromatic heterocycles. The van der Waals surface area contributed by atoms with Crippen molar-refractivity contribution in [1.82, 2.24) is 9.97 Å². The fourth-order valence-corrected chi connectivity index (χ4v) is 2.12. The van der Waals surface area contributed by atoms with Gasteiger partial charge in [-0.05, 0) is 12.0 Å². The Morgan fingerprint density at radius 1 is 1.30 bits per heavy atom. The van der Waals surface area contributed by atoms with Crippen molar-refractivity contribution in [2.75, 3.05) is 23.7 Å². The topological polar surface area (TPSA) is 113 Å². The Morgan fingerprint density at radius 3 is 2.70 bits per heavy atom. The standard InChI is InChI=1S/C15H18ClN5O2/c16-12-8-13(19-11(9-17)14(22)23)21-15(20-12)18-7-6-10-4-2-1-3-5-10/h1-5,8,11H,6-7,9,17H2,(H,22,23)(H2,18,19,20,21). The Bertz CT molecular complexity index is 654. The molecule has 5 N–H and O–H groups in total. The molecule has 0 fully saturated rings. The molecule has 1 unspecified atom stereocenters. The Hall–Kier alpha value is -2.38. The van der Waals surface area contributed by atoms with E-state index in [1.165, 1.54) is 11.6 Å². The molecule has 23 heavy (non-hydrogen) atoms. The van der Waals surface area contributed by atoms with Gasteiger partial charge in [-0.1, -0.05) is 41.9 Å². The number of aliphatic carboxylic acids is 1. The number of hydrogen-bond acceptors (Lipinski definition) is 6. The van der Waals surface area contributed by atoms with Crippen LogP contribution in [0.3, 0.4) is 0 Å². The molecule has 1 heterocycles. The third kappa shape index (κ3) is 5.39. The van der Waals surface area contributed by atoms with E-state index in [4.69, 9.17) is 22.4 Å². The number of halogens is 1. The molecule has 0 saturated carbocycles. The second-order valence-corrected chi connectivity index (χ2v) is 5.22. The quantitative estimate of drug-likeness (QED) is 0.542. The molecule has 0 amide bonds. The van der Waals surface area contributed by atoms with Gasteiger partial charge in [-0.3, -0.25) is 0 Å². The monoisotopic (exact) mass is 335 g/mol. The van der Waals surface area contributed by atoms with Crippen molar-refractivity contribution in [2.24, 2.45) is 5.73 Å². The fraction of sp³-hybridized carbons (Fsp3) is 0.267. The second kappa shape index (κ2) is 8.30. The van der Waals surface area contributed by atoms with E-state index < -0.39 is 12.0 Å². The number of anilines is 2. The number of carbonyl (C=O) groups is 1. The summed E-state index contributed by atoms with van der Waals surface area (Å²) in [6, 6.07) is 10.5. The van der Waals surface area contributed by atoms with Gasteiger partial charge in [-0.2, -0.15) is 4.98 Å². The van der Waals surface area contributed by atoms with Crippen molar-refractivity contribution in [3.05, 3.63) is 47.1 Å². The summed E-state index contributed by atoms with van der Waals surface area (Å²) < 4.78 is 0. The predicted octanol–water partition coefficient (Wildman–Crippen LogP) is 1.61. The Labute approximate surface area is 138 Å². The van der Waals surface area contributed by atoms with Crippen LogP contribution in [0, 0.1) is 0 Å². The lowest BCUT2D eigenvalue weighted by molar-refractivity contribution is -0.137. The number of rotatable bonds is 8. The molecular formula is C15H18ClN5O2. The molecule has 0 aliphatic carbocycles. The SMILES string of the molecule is NCC(Nc1cc(Cl)nc(NCCc2ccccc2)n1)C(=O)O. The van der Waals surface area contributed by atoms with E-state index in [0.29, 0.717) is 18.3 Å². The zero-order valence-electron chi connectivity index (χ0n) is 12.4. The number of benzene rings is 1. The van der Waals surface area contributed by atoms with Gasteiger partial charge in [-0.25, -0.2) is 9.78 Å². The van der Waals surface area contributed by atoms with Crippen LogP contribution in [0.2, 0.25) is 5.15 Å². The smallest absolute Gasteiger partial charge is 0.327 e. The summed E-state index contributed by atoms with van der Waals surface area (Å²) in [4.78, 5) is 19.3. The molecule has 0 saturated heterocycles. The molecule has 0 aliphatic heterocycles. The van der Waals surface area contributed by atoms with Crippen LogP contribution in [0.1, 0.15) is 5.56 Å². The maximum Gasteiger partial charge on any atom is 0.327 e. The minimum atomic E-state index is -1.05. The molecule has 0 radical (unpaired) electrons. The number of nitrogens with zero attached hydrogens (tertiary/aromatic N) is 2. The van der Waals surface area contributed by atoms with Crippen LogP contribution in [0.4, 0.5) is 11.8 Å². The third-order valence-electron chi connectivity index (χ3n) is 3.09. The van der Waals surface area contributed by atoms with Crippen molar-refractivity contribution in [3.8, 4) is 0 Å². The lowest BCUT2D eigenvalue weighted by Crippen LogP contribution is -2.36. The minimum absolute atomic E-state index is 0.0618. The number of carboxylic acid groups (broad SMARTS) is 1. The van der Waals surface area contributed by atoms with Crippen molar-refractivity contribution >= 4 is 29.3 Å². The van der Waals surface area contributed by atoms with Crippen LogP contribution >= 0.6 is 11.6 Å². The van der Waals surface area contributed by atoms with E-state index >= 15 is 0 Å². The average Bonchev–Trinajstić information content (AvgIpc) is 2.53. The number of nitrogens with two attached hydrogens (primary N) is 1. The summed E-state index contributed by atoms with van der Waals surface area (Å²) >= 11 is 5.94. The van der Waals surface area contributed by atoms with E-state index in [0.717, 1.165) is 6.42 Å². The summed E-state index contributed by atoms with van der Waals surface area (Å²) in [6.45, 7) is 0.566. The minimum Gasteiger partial charge on any atom is -0.480 e. The normalized spacial score (nSPS) is 11.7. The van der Waals surface area contributed by atoms with E-state index in [1.54, 1.807) is 0 Å². The zero-order valence-corrected chi connectivity index (χ0v) is 13.1. The molecule has 0 spiro atoms. The van der Waals surface area contributed by atoms with E-state index in [1.807, 2.05) is 30.3 Å². The maximum absolute atomic E-state index is 11.0. The van der Waals surface area contributed by atoms with Crippen molar-refractivity contribution in [2.45, 2.75) is 12.5 Å². The summed E-state index contributed by atoms with van der Waals surface area (Å²) in [5.74, 6) is -0.414. The van der Waals surface area contributed by atoms with Crippen LogP contribution in [-0.2, 0) is 11.2 Å². The summed E-state index contributed by atoms with van der Waals surface area (Å²) in [5, 5.41) is 15.0. The summed E-state index contributed by atoms with van der Waals surface area (Å²) in [6.07, 6.45) is 0.806. The highest BCUT2D eigenvalue weighted by Crippen LogP contribution is 2.15. The average molecular weight is 336 g/mol. The second-order valence-electron chi connectivity index (χ2n) is 4.83. The molecule has 0 bridgehead atoms. The van der Waals surface area contributed by atoms with Gasteiger partial charge < -0.3 is 21.5 Å². The van der Waals surface area contributed by atoms with Gasteiger partial charge in [-0.15, -0.1) is 0 Å². The Kier molecular flexibility index (Phi) is 6.13. The molecule has 2 rings (SSSR count). The highest BCUT2D eigenvalue weighted by atomic mass is 35.5. The number of nitrogens with one attached hydrogen (secondary N) is 2. The van der Waals surface area contributed by atoms with E-state index in [9.17, 15) is 4.79 Å². The molecule has 1 atom stereocenters. The van der Waals surface area contributed by atoms with Gasteiger partial charge in [0.2, 0.25) is 5.95 Å². The number of hydrogen-bond donors (Lipinski definition) is 4. The zero-order chi connectivity index (χ0) is 16.7. The number of aromatic nitrogens is 2. The third-order valence-corrected chi connectivity index (χ3v) is 3.28. The molecule has 1 aromatic carbocycles. The molecule has 8 heteroatoms. The van der Waals surface area contributed by atoms with Crippen molar-refractivity contribution in [3.63, 3.8) is 0 Å². The summed E-state index contributed by atoms with van der Waals surface area (Å²) in [7, 11) is 0. The van der Waals surface area contributed by atoms with Crippen molar-refractivity contribution < 1.29 is 9.90 Å².